The number of carbonyl (C=O) groups excluding carboxylic acids is 1. The number of sulfonamides is 1. The van der Waals surface area contributed by atoms with Crippen molar-refractivity contribution >= 4 is 21.6 Å². The molecule has 1 aliphatic rings. The van der Waals surface area contributed by atoms with E-state index < -0.39 is 21.7 Å². The fourth-order valence-electron chi connectivity index (χ4n) is 2.86. The minimum Gasteiger partial charge on any atom is -0.376 e. The van der Waals surface area contributed by atoms with Gasteiger partial charge in [-0.05, 0) is 49.2 Å². The van der Waals surface area contributed by atoms with Crippen LogP contribution in [-0.2, 0) is 19.6 Å². The van der Waals surface area contributed by atoms with E-state index in [4.69, 9.17) is 4.74 Å². The molecule has 1 saturated heterocycles. The van der Waals surface area contributed by atoms with Crippen molar-refractivity contribution < 1.29 is 22.3 Å². The molecule has 27 heavy (non-hydrogen) atoms. The largest absolute Gasteiger partial charge is 0.376 e. The third-order valence-electron chi connectivity index (χ3n) is 4.28. The summed E-state index contributed by atoms with van der Waals surface area (Å²) in [7, 11) is -4.03. The highest BCUT2D eigenvalue weighted by Gasteiger charge is 2.27. The lowest BCUT2D eigenvalue weighted by molar-refractivity contribution is -0.120. The number of halogens is 1. The number of carbonyl (C=O) groups is 1. The molecule has 1 heterocycles. The lowest BCUT2D eigenvalue weighted by Gasteiger charge is -2.24. The molecule has 1 atom stereocenters. The average Bonchev–Trinajstić information content (AvgIpc) is 3.19. The number of anilines is 1. The summed E-state index contributed by atoms with van der Waals surface area (Å²) < 4.78 is 45.7. The van der Waals surface area contributed by atoms with Crippen molar-refractivity contribution in [1.82, 2.24) is 5.32 Å². The van der Waals surface area contributed by atoms with E-state index in [2.05, 4.69) is 5.32 Å². The first-order valence-corrected chi connectivity index (χ1v) is 10.1. The molecule has 0 bridgehead atoms. The Labute approximate surface area is 158 Å². The first-order valence-electron chi connectivity index (χ1n) is 8.68. The highest BCUT2D eigenvalue weighted by atomic mass is 32.2. The molecule has 0 aromatic heterocycles. The third kappa shape index (κ3) is 4.84. The van der Waals surface area contributed by atoms with Crippen molar-refractivity contribution in [2.75, 3.05) is 24.0 Å². The van der Waals surface area contributed by atoms with Crippen molar-refractivity contribution in [3.63, 3.8) is 0 Å². The number of hydrogen-bond donors (Lipinski definition) is 1. The van der Waals surface area contributed by atoms with Gasteiger partial charge in [-0.15, -0.1) is 0 Å². The molecule has 0 radical (unpaired) electrons. The maximum Gasteiger partial charge on any atom is 0.264 e. The quantitative estimate of drug-likeness (QED) is 0.785. The van der Waals surface area contributed by atoms with Gasteiger partial charge in [0.2, 0.25) is 5.91 Å². The molecule has 2 aromatic rings. The molecular formula is C19H21FN2O4S. The monoisotopic (exact) mass is 392 g/mol. The van der Waals surface area contributed by atoms with E-state index in [1.165, 1.54) is 12.1 Å². The number of ether oxygens (including phenoxy) is 1. The van der Waals surface area contributed by atoms with Gasteiger partial charge in [-0.25, -0.2) is 12.8 Å². The van der Waals surface area contributed by atoms with Crippen LogP contribution >= 0.6 is 0 Å². The Bertz CT molecular complexity index is 866. The zero-order valence-corrected chi connectivity index (χ0v) is 15.5. The van der Waals surface area contributed by atoms with Crippen molar-refractivity contribution in [1.29, 1.82) is 0 Å². The summed E-state index contributed by atoms with van der Waals surface area (Å²) in [6, 6.07) is 12.9. The fourth-order valence-corrected chi connectivity index (χ4v) is 4.28. The minimum atomic E-state index is -4.03. The highest BCUT2D eigenvalue weighted by molar-refractivity contribution is 7.92. The molecule has 1 aliphatic heterocycles. The van der Waals surface area contributed by atoms with Crippen LogP contribution in [0.3, 0.4) is 0 Å². The summed E-state index contributed by atoms with van der Waals surface area (Å²) in [6.45, 7) is 0.643. The zero-order valence-electron chi connectivity index (χ0n) is 14.7. The second kappa shape index (κ2) is 8.49. The molecule has 0 spiro atoms. The van der Waals surface area contributed by atoms with E-state index in [1.54, 1.807) is 30.3 Å². The van der Waals surface area contributed by atoms with E-state index in [0.717, 1.165) is 29.3 Å². The molecule has 1 N–H and O–H groups in total. The van der Waals surface area contributed by atoms with Gasteiger partial charge in [-0.1, -0.05) is 18.2 Å². The van der Waals surface area contributed by atoms with E-state index in [1.807, 2.05) is 0 Å². The van der Waals surface area contributed by atoms with Crippen LogP contribution in [-0.4, -0.2) is 40.1 Å². The predicted octanol–water partition coefficient (Wildman–Crippen LogP) is 2.32. The van der Waals surface area contributed by atoms with Crippen LogP contribution in [0, 0.1) is 5.82 Å². The van der Waals surface area contributed by atoms with E-state index in [0.29, 0.717) is 18.8 Å². The number of rotatable bonds is 7. The number of nitrogens with zero attached hydrogens (tertiary/aromatic N) is 1. The lowest BCUT2D eigenvalue weighted by Crippen LogP contribution is -2.42. The number of hydrogen-bond acceptors (Lipinski definition) is 4. The Morgan fingerprint density at radius 3 is 2.48 bits per heavy atom. The van der Waals surface area contributed by atoms with Crippen LogP contribution in [0.5, 0.6) is 0 Å². The van der Waals surface area contributed by atoms with Crippen LogP contribution in [0.1, 0.15) is 12.8 Å². The normalized spacial score (nSPS) is 16.9. The first-order chi connectivity index (χ1) is 13.0. The van der Waals surface area contributed by atoms with Crippen LogP contribution in [0.4, 0.5) is 10.1 Å². The summed E-state index contributed by atoms with van der Waals surface area (Å²) in [5, 5.41) is 2.73. The second-order valence-corrected chi connectivity index (χ2v) is 8.10. The van der Waals surface area contributed by atoms with Gasteiger partial charge in [0.1, 0.15) is 12.4 Å². The van der Waals surface area contributed by atoms with Crippen molar-refractivity contribution in [3.8, 4) is 0 Å². The van der Waals surface area contributed by atoms with Gasteiger partial charge < -0.3 is 10.1 Å². The van der Waals surface area contributed by atoms with Crippen LogP contribution in [0.25, 0.3) is 0 Å². The van der Waals surface area contributed by atoms with Crippen molar-refractivity contribution in [2.24, 2.45) is 0 Å². The van der Waals surface area contributed by atoms with E-state index in [9.17, 15) is 17.6 Å². The Hall–Kier alpha value is -2.45. The summed E-state index contributed by atoms with van der Waals surface area (Å²) in [5.41, 5.74) is 0.356. The zero-order chi connectivity index (χ0) is 19.3. The Balaban J connectivity index is 1.80. The number of nitrogens with one attached hydrogen (secondary N) is 1. The molecule has 0 unspecified atom stereocenters. The molecule has 144 valence electrons. The summed E-state index contributed by atoms with van der Waals surface area (Å²) in [6.07, 6.45) is 1.79. The maximum absolute atomic E-state index is 13.2. The number of benzene rings is 2. The van der Waals surface area contributed by atoms with E-state index >= 15 is 0 Å². The topological polar surface area (TPSA) is 75.7 Å². The molecule has 0 aliphatic carbocycles. The van der Waals surface area contributed by atoms with E-state index in [-0.39, 0.29) is 17.5 Å². The SMILES string of the molecule is O=C(CN(c1ccccc1)S(=O)(=O)c1ccc(F)cc1)NC[C@@H]1CCCO1. The minimum absolute atomic E-state index is 0.0344. The maximum atomic E-state index is 13.2. The third-order valence-corrected chi connectivity index (χ3v) is 6.07. The smallest absolute Gasteiger partial charge is 0.264 e. The molecular weight excluding hydrogens is 371 g/mol. The van der Waals surface area contributed by atoms with Crippen LogP contribution < -0.4 is 9.62 Å². The second-order valence-electron chi connectivity index (χ2n) is 6.24. The van der Waals surface area contributed by atoms with Crippen LogP contribution in [0.2, 0.25) is 0 Å². The van der Waals surface area contributed by atoms with Gasteiger partial charge in [0.25, 0.3) is 10.0 Å². The van der Waals surface area contributed by atoms with Gasteiger partial charge in [-0.3, -0.25) is 9.10 Å². The molecule has 1 fully saturated rings. The number of amides is 1. The molecule has 3 rings (SSSR count). The predicted molar refractivity (Wildman–Crippen MR) is 99.4 cm³/mol. The summed E-state index contributed by atoms with van der Waals surface area (Å²) in [4.78, 5) is 12.3. The van der Waals surface area contributed by atoms with Crippen molar-refractivity contribution in [2.45, 2.75) is 23.8 Å². The number of para-hydroxylation sites is 1. The van der Waals surface area contributed by atoms with Gasteiger partial charge in [-0.2, -0.15) is 0 Å². The standard InChI is InChI=1S/C19H21FN2O4S/c20-15-8-10-18(11-9-15)27(24,25)22(16-5-2-1-3-6-16)14-19(23)21-13-17-7-4-12-26-17/h1-3,5-6,8-11,17H,4,7,12-14H2,(H,21,23)/t17-/m0/s1. The van der Waals surface area contributed by atoms with Crippen molar-refractivity contribution in [3.05, 3.63) is 60.4 Å². The van der Waals surface area contributed by atoms with Crippen LogP contribution in [0.15, 0.2) is 59.5 Å². The Kier molecular flexibility index (Phi) is 6.08. The van der Waals surface area contributed by atoms with Gasteiger partial charge >= 0.3 is 0 Å². The fraction of sp³-hybridized carbons (Fsp3) is 0.316. The molecule has 8 heteroatoms. The van der Waals surface area contributed by atoms with Gasteiger partial charge in [0, 0.05) is 13.2 Å². The highest BCUT2D eigenvalue weighted by Crippen LogP contribution is 2.23. The Morgan fingerprint density at radius 2 is 1.85 bits per heavy atom. The summed E-state index contributed by atoms with van der Waals surface area (Å²) in [5.74, 6) is -0.963. The average molecular weight is 392 g/mol. The molecule has 0 saturated carbocycles. The summed E-state index contributed by atoms with van der Waals surface area (Å²) >= 11 is 0. The molecule has 2 aromatic carbocycles. The van der Waals surface area contributed by atoms with Gasteiger partial charge in [0.05, 0.1) is 16.7 Å². The first kappa shape index (κ1) is 19.3. The molecule has 1 amide bonds. The Morgan fingerprint density at radius 1 is 1.15 bits per heavy atom. The van der Waals surface area contributed by atoms with Gasteiger partial charge in [0.15, 0.2) is 0 Å². The molecule has 6 nitrogen and oxygen atoms in total. The lowest BCUT2D eigenvalue weighted by atomic mass is 10.2.